The van der Waals surface area contributed by atoms with Crippen LogP contribution in [-0.2, 0) is 4.79 Å². The number of rotatable bonds is 5. The van der Waals surface area contributed by atoms with Crippen molar-refractivity contribution < 1.29 is 4.79 Å². The van der Waals surface area contributed by atoms with Gasteiger partial charge in [-0.15, -0.1) is 0 Å². The van der Waals surface area contributed by atoms with Crippen molar-refractivity contribution in [1.82, 2.24) is 0 Å². The Labute approximate surface area is 100 Å². The van der Waals surface area contributed by atoms with Crippen molar-refractivity contribution in [3.63, 3.8) is 0 Å². The van der Waals surface area contributed by atoms with E-state index < -0.39 is 0 Å². The molecule has 5 heteroatoms. The van der Waals surface area contributed by atoms with Crippen LogP contribution in [-0.4, -0.2) is 17.4 Å². The molecule has 0 saturated heterocycles. The van der Waals surface area contributed by atoms with Gasteiger partial charge in [0.15, 0.2) is 0 Å². The Kier molecular flexibility index (Phi) is 4.25. The number of aryl methyl sites for hydroxylation is 1. The molecular weight excluding hydrogens is 222 g/mol. The lowest BCUT2D eigenvalue weighted by Crippen LogP contribution is -2.16. The standard InChI is InChI=1S/C11H15N3OS/c1-7-6-8(14-5-4-10(12)15)2-3-9(7)11(13)16/h2-3,6,14H,4-5H2,1H3,(H2,12,15)(H2,13,16). The van der Waals surface area contributed by atoms with Crippen molar-refractivity contribution in [3.05, 3.63) is 29.3 Å². The molecular formula is C11H15N3OS. The van der Waals surface area contributed by atoms with Crippen molar-refractivity contribution >= 4 is 28.8 Å². The molecule has 1 rings (SSSR count). The first-order valence-corrected chi connectivity index (χ1v) is 5.34. The number of anilines is 1. The Bertz CT molecular complexity index is 418. The zero-order chi connectivity index (χ0) is 12.1. The van der Waals surface area contributed by atoms with Gasteiger partial charge in [-0.05, 0) is 30.7 Å². The van der Waals surface area contributed by atoms with Gasteiger partial charge in [0.05, 0.1) is 0 Å². The van der Waals surface area contributed by atoms with Gasteiger partial charge in [-0.2, -0.15) is 0 Å². The van der Waals surface area contributed by atoms with E-state index in [0.717, 1.165) is 16.8 Å². The first kappa shape index (κ1) is 12.4. The molecule has 0 spiro atoms. The summed E-state index contributed by atoms with van der Waals surface area (Å²) in [6.45, 7) is 2.47. The van der Waals surface area contributed by atoms with Crippen LogP contribution in [0.4, 0.5) is 5.69 Å². The fourth-order valence-corrected chi connectivity index (χ4v) is 1.61. The number of primary amides is 1. The molecule has 16 heavy (non-hydrogen) atoms. The number of nitrogens with one attached hydrogen (secondary N) is 1. The highest BCUT2D eigenvalue weighted by Crippen LogP contribution is 2.14. The van der Waals surface area contributed by atoms with Gasteiger partial charge in [0.2, 0.25) is 5.91 Å². The summed E-state index contributed by atoms with van der Waals surface area (Å²) in [7, 11) is 0. The second kappa shape index (κ2) is 5.46. The van der Waals surface area contributed by atoms with E-state index in [4.69, 9.17) is 23.7 Å². The van der Waals surface area contributed by atoms with E-state index in [2.05, 4.69) is 5.32 Å². The van der Waals surface area contributed by atoms with Gasteiger partial charge < -0.3 is 16.8 Å². The lowest BCUT2D eigenvalue weighted by molar-refractivity contribution is -0.117. The van der Waals surface area contributed by atoms with E-state index >= 15 is 0 Å². The van der Waals surface area contributed by atoms with Crippen molar-refractivity contribution in [1.29, 1.82) is 0 Å². The number of amides is 1. The first-order valence-electron chi connectivity index (χ1n) is 4.93. The predicted molar refractivity (Wildman–Crippen MR) is 69.4 cm³/mol. The number of carbonyl (C=O) groups is 1. The quantitative estimate of drug-likeness (QED) is 0.665. The molecule has 0 bridgehead atoms. The van der Waals surface area contributed by atoms with E-state index in [1.54, 1.807) is 0 Å². The highest BCUT2D eigenvalue weighted by molar-refractivity contribution is 7.80. The second-order valence-corrected chi connectivity index (χ2v) is 3.98. The molecule has 1 amide bonds. The smallest absolute Gasteiger partial charge is 0.219 e. The Balaban J connectivity index is 2.66. The molecule has 0 atom stereocenters. The maximum absolute atomic E-state index is 10.5. The van der Waals surface area contributed by atoms with Gasteiger partial charge in [-0.25, -0.2) is 0 Å². The molecule has 1 aromatic carbocycles. The number of nitrogens with two attached hydrogens (primary N) is 2. The van der Waals surface area contributed by atoms with Crippen LogP contribution in [0, 0.1) is 6.92 Å². The van der Waals surface area contributed by atoms with E-state index in [9.17, 15) is 4.79 Å². The minimum Gasteiger partial charge on any atom is -0.389 e. The fraction of sp³-hybridized carbons (Fsp3) is 0.273. The number of hydrogen-bond donors (Lipinski definition) is 3. The number of thiocarbonyl (C=S) groups is 1. The topological polar surface area (TPSA) is 81.1 Å². The summed E-state index contributed by atoms with van der Waals surface area (Å²) in [6, 6.07) is 5.68. The van der Waals surface area contributed by atoms with Crippen LogP contribution in [0.5, 0.6) is 0 Å². The Morgan fingerprint density at radius 2 is 2.12 bits per heavy atom. The Hall–Kier alpha value is -1.62. The zero-order valence-corrected chi connectivity index (χ0v) is 9.93. The van der Waals surface area contributed by atoms with Gasteiger partial charge in [0, 0.05) is 24.2 Å². The van der Waals surface area contributed by atoms with Crippen LogP contribution >= 0.6 is 12.2 Å². The van der Waals surface area contributed by atoms with Crippen LogP contribution in [0.25, 0.3) is 0 Å². The monoisotopic (exact) mass is 237 g/mol. The van der Waals surface area contributed by atoms with E-state index in [-0.39, 0.29) is 5.91 Å². The third kappa shape index (κ3) is 3.51. The maximum Gasteiger partial charge on any atom is 0.219 e. The van der Waals surface area contributed by atoms with Gasteiger partial charge in [0.1, 0.15) is 4.99 Å². The average Bonchev–Trinajstić information content (AvgIpc) is 2.16. The summed E-state index contributed by atoms with van der Waals surface area (Å²) < 4.78 is 0. The van der Waals surface area contributed by atoms with E-state index in [1.807, 2.05) is 25.1 Å². The summed E-state index contributed by atoms with van der Waals surface area (Å²) in [4.78, 5) is 10.9. The van der Waals surface area contributed by atoms with Crippen molar-refractivity contribution in [2.24, 2.45) is 11.5 Å². The lowest BCUT2D eigenvalue weighted by atomic mass is 10.1. The highest BCUT2D eigenvalue weighted by atomic mass is 32.1. The van der Waals surface area contributed by atoms with E-state index in [1.165, 1.54) is 0 Å². The van der Waals surface area contributed by atoms with Crippen LogP contribution < -0.4 is 16.8 Å². The van der Waals surface area contributed by atoms with E-state index in [0.29, 0.717) is 18.0 Å². The van der Waals surface area contributed by atoms with Crippen LogP contribution in [0.2, 0.25) is 0 Å². The normalized spacial score (nSPS) is 9.81. The zero-order valence-electron chi connectivity index (χ0n) is 9.12. The fourth-order valence-electron chi connectivity index (χ4n) is 1.38. The minimum absolute atomic E-state index is 0.316. The molecule has 1 aromatic rings. The summed E-state index contributed by atoms with van der Waals surface area (Å²) in [5, 5.41) is 3.10. The van der Waals surface area contributed by atoms with Crippen LogP contribution in [0.3, 0.4) is 0 Å². The average molecular weight is 237 g/mol. The highest BCUT2D eigenvalue weighted by Gasteiger charge is 2.02. The molecule has 0 heterocycles. The van der Waals surface area contributed by atoms with Crippen molar-refractivity contribution in [3.8, 4) is 0 Å². The molecule has 5 N–H and O–H groups in total. The third-order valence-electron chi connectivity index (χ3n) is 2.19. The molecule has 0 unspecified atom stereocenters. The largest absolute Gasteiger partial charge is 0.389 e. The number of carbonyl (C=O) groups excluding carboxylic acids is 1. The Morgan fingerprint density at radius 3 is 2.62 bits per heavy atom. The van der Waals surface area contributed by atoms with Crippen LogP contribution in [0.15, 0.2) is 18.2 Å². The SMILES string of the molecule is Cc1cc(NCCC(N)=O)ccc1C(N)=S. The van der Waals surface area contributed by atoms with Crippen LogP contribution in [0.1, 0.15) is 17.5 Å². The molecule has 4 nitrogen and oxygen atoms in total. The maximum atomic E-state index is 10.5. The van der Waals surface area contributed by atoms with Gasteiger partial charge >= 0.3 is 0 Å². The molecule has 0 aliphatic carbocycles. The predicted octanol–water partition coefficient (Wildman–Crippen LogP) is 0.917. The molecule has 86 valence electrons. The molecule has 0 aliphatic heterocycles. The third-order valence-corrected chi connectivity index (χ3v) is 2.41. The summed E-state index contributed by atoms with van der Waals surface area (Å²) in [5.41, 5.74) is 13.4. The first-order chi connectivity index (χ1) is 7.50. The molecule has 0 aromatic heterocycles. The lowest BCUT2D eigenvalue weighted by Gasteiger charge is -2.09. The molecule has 0 fully saturated rings. The number of benzene rings is 1. The molecule has 0 saturated carbocycles. The van der Waals surface area contributed by atoms with Gasteiger partial charge in [-0.1, -0.05) is 12.2 Å². The second-order valence-electron chi connectivity index (χ2n) is 3.54. The van der Waals surface area contributed by atoms with Crippen molar-refractivity contribution in [2.45, 2.75) is 13.3 Å². The van der Waals surface area contributed by atoms with Gasteiger partial charge in [-0.3, -0.25) is 4.79 Å². The summed E-state index contributed by atoms with van der Waals surface area (Å²) in [6.07, 6.45) is 0.316. The molecule has 0 radical (unpaired) electrons. The molecule has 0 aliphatic rings. The Morgan fingerprint density at radius 1 is 1.44 bits per heavy atom. The van der Waals surface area contributed by atoms with Gasteiger partial charge in [0.25, 0.3) is 0 Å². The summed E-state index contributed by atoms with van der Waals surface area (Å²) >= 11 is 4.91. The van der Waals surface area contributed by atoms with Crippen molar-refractivity contribution in [2.75, 3.05) is 11.9 Å². The minimum atomic E-state index is -0.316. The summed E-state index contributed by atoms with van der Waals surface area (Å²) in [5.74, 6) is -0.316. The number of hydrogen-bond acceptors (Lipinski definition) is 3.